The lowest BCUT2D eigenvalue weighted by atomic mass is 9.95. The van der Waals surface area contributed by atoms with Crippen molar-refractivity contribution in [3.8, 4) is 0 Å². The molecular formula is C10H16N4O2. The van der Waals surface area contributed by atoms with E-state index in [0.717, 1.165) is 19.3 Å². The summed E-state index contributed by atoms with van der Waals surface area (Å²) in [5.74, 6) is 0.926. The summed E-state index contributed by atoms with van der Waals surface area (Å²) in [7, 11) is 0. The third-order valence-corrected chi connectivity index (χ3v) is 3.13. The molecule has 6 heteroatoms. The van der Waals surface area contributed by atoms with Gasteiger partial charge in [0.05, 0.1) is 6.54 Å². The Morgan fingerprint density at radius 3 is 3.19 bits per heavy atom. The van der Waals surface area contributed by atoms with Crippen molar-refractivity contribution in [3.63, 3.8) is 0 Å². The van der Waals surface area contributed by atoms with Crippen molar-refractivity contribution in [1.29, 1.82) is 0 Å². The number of rotatable bonds is 4. The molecule has 2 unspecified atom stereocenters. The summed E-state index contributed by atoms with van der Waals surface area (Å²) in [6.07, 6.45) is 4.32. The Balaban J connectivity index is 1.83. The van der Waals surface area contributed by atoms with E-state index in [-0.39, 0.29) is 11.8 Å². The molecule has 1 aliphatic carbocycles. The average Bonchev–Trinajstić information content (AvgIpc) is 2.96. The molecule has 1 amide bonds. The van der Waals surface area contributed by atoms with Crippen molar-refractivity contribution in [1.82, 2.24) is 15.5 Å². The van der Waals surface area contributed by atoms with E-state index in [9.17, 15) is 4.79 Å². The molecule has 0 aromatic carbocycles. The predicted molar refractivity (Wildman–Crippen MR) is 56.0 cm³/mol. The second-order valence-electron chi connectivity index (χ2n) is 4.10. The molecule has 2 rings (SSSR count). The Bertz CT molecular complexity index is 339. The summed E-state index contributed by atoms with van der Waals surface area (Å²) in [5.41, 5.74) is 5.63. The lowest BCUT2D eigenvalue weighted by molar-refractivity contribution is -0.126. The summed E-state index contributed by atoms with van der Waals surface area (Å²) in [4.78, 5) is 15.7. The summed E-state index contributed by atoms with van der Waals surface area (Å²) in [5, 5.41) is 6.44. The van der Waals surface area contributed by atoms with Gasteiger partial charge in [-0.1, -0.05) is 11.6 Å². The minimum atomic E-state index is 0.0527. The highest BCUT2D eigenvalue weighted by atomic mass is 16.5. The molecule has 0 radical (unpaired) electrons. The van der Waals surface area contributed by atoms with Crippen LogP contribution in [0, 0.1) is 11.8 Å². The van der Waals surface area contributed by atoms with Gasteiger partial charge >= 0.3 is 0 Å². The van der Waals surface area contributed by atoms with Crippen LogP contribution in [0.4, 0.5) is 0 Å². The average molecular weight is 224 g/mol. The molecule has 1 heterocycles. The van der Waals surface area contributed by atoms with Gasteiger partial charge in [0.15, 0.2) is 5.82 Å². The number of nitrogens with zero attached hydrogens (tertiary/aromatic N) is 2. The number of nitrogens with one attached hydrogen (secondary N) is 1. The lowest BCUT2D eigenvalue weighted by Crippen LogP contribution is -2.34. The number of hydrogen-bond donors (Lipinski definition) is 2. The molecule has 0 bridgehead atoms. The number of hydrogen-bond acceptors (Lipinski definition) is 5. The molecule has 1 aromatic heterocycles. The van der Waals surface area contributed by atoms with Gasteiger partial charge in [0.2, 0.25) is 12.3 Å². The van der Waals surface area contributed by atoms with Crippen molar-refractivity contribution in [2.45, 2.75) is 25.8 Å². The van der Waals surface area contributed by atoms with Gasteiger partial charge < -0.3 is 15.6 Å². The topological polar surface area (TPSA) is 94.0 Å². The fourth-order valence-corrected chi connectivity index (χ4v) is 2.23. The van der Waals surface area contributed by atoms with Gasteiger partial charge in [-0.25, -0.2) is 0 Å². The van der Waals surface area contributed by atoms with E-state index in [4.69, 9.17) is 5.73 Å². The number of amides is 1. The molecule has 0 aliphatic heterocycles. The van der Waals surface area contributed by atoms with Crippen molar-refractivity contribution < 1.29 is 9.32 Å². The minimum Gasteiger partial charge on any atom is -0.348 e. The first-order valence-corrected chi connectivity index (χ1v) is 5.54. The molecule has 6 nitrogen and oxygen atoms in total. The smallest absolute Gasteiger partial charge is 0.223 e. The zero-order chi connectivity index (χ0) is 11.4. The maximum Gasteiger partial charge on any atom is 0.223 e. The monoisotopic (exact) mass is 224 g/mol. The van der Waals surface area contributed by atoms with Crippen molar-refractivity contribution in [2.75, 3.05) is 6.54 Å². The van der Waals surface area contributed by atoms with E-state index in [1.807, 2.05) is 0 Å². The van der Waals surface area contributed by atoms with E-state index >= 15 is 0 Å². The second kappa shape index (κ2) is 5.07. The van der Waals surface area contributed by atoms with E-state index in [1.165, 1.54) is 6.39 Å². The molecular weight excluding hydrogens is 208 g/mol. The van der Waals surface area contributed by atoms with Crippen molar-refractivity contribution >= 4 is 5.91 Å². The molecule has 1 aliphatic rings. The first-order valence-electron chi connectivity index (χ1n) is 5.54. The van der Waals surface area contributed by atoms with Gasteiger partial charge in [0.1, 0.15) is 0 Å². The molecule has 16 heavy (non-hydrogen) atoms. The van der Waals surface area contributed by atoms with E-state index in [0.29, 0.717) is 24.8 Å². The lowest BCUT2D eigenvalue weighted by Gasteiger charge is -2.16. The minimum absolute atomic E-state index is 0.0527. The fourth-order valence-electron chi connectivity index (χ4n) is 2.23. The van der Waals surface area contributed by atoms with E-state index < -0.39 is 0 Å². The highest BCUT2D eigenvalue weighted by Crippen LogP contribution is 2.30. The van der Waals surface area contributed by atoms with Crippen LogP contribution in [0.3, 0.4) is 0 Å². The third kappa shape index (κ3) is 2.38. The maximum absolute atomic E-state index is 11.9. The SMILES string of the molecule is NCC1CCCC1C(=O)NCc1ncon1. The quantitative estimate of drug-likeness (QED) is 0.754. The molecule has 0 spiro atoms. The van der Waals surface area contributed by atoms with Crippen LogP contribution in [0.1, 0.15) is 25.1 Å². The number of aromatic nitrogens is 2. The van der Waals surface area contributed by atoms with Gasteiger partial charge in [-0.05, 0) is 25.3 Å². The summed E-state index contributed by atoms with van der Waals surface area (Å²) in [6, 6.07) is 0. The summed E-state index contributed by atoms with van der Waals surface area (Å²) < 4.78 is 4.58. The van der Waals surface area contributed by atoms with Gasteiger partial charge in [-0.2, -0.15) is 4.98 Å². The fraction of sp³-hybridized carbons (Fsp3) is 0.700. The van der Waals surface area contributed by atoms with Crippen molar-refractivity contribution in [3.05, 3.63) is 12.2 Å². The Hall–Kier alpha value is -1.43. The largest absolute Gasteiger partial charge is 0.348 e. The van der Waals surface area contributed by atoms with E-state index in [1.54, 1.807) is 0 Å². The first-order chi connectivity index (χ1) is 7.81. The van der Waals surface area contributed by atoms with Crippen LogP contribution in [-0.4, -0.2) is 22.6 Å². The first kappa shape index (κ1) is 11.1. The van der Waals surface area contributed by atoms with Crippen LogP contribution in [0.25, 0.3) is 0 Å². The Morgan fingerprint density at radius 1 is 1.62 bits per heavy atom. The normalized spacial score (nSPS) is 24.6. The van der Waals surface area contributed by atoms with Crippen LogP contribution >= 0.6 is 0 Å². The van der Waals surface area contributed by atoms with Crippen LogP contribution in [0.5, 0.6) is 0 Å². The molecule has 3 N–H and O–H groups in total. The van der Waals surface area contributed by atoms with Crippen LogP contribution < -0.4 is 11.1 Å². The third-order valence-electron chi connectivity index (χ3n) is 3.13. The molecule has 0 saturated heterocycles. The highest BCUT2D eigenvalue weighted by Gasteiger charge is 2.31. The number of carbonyl (C=O) groups excluding carboxylic acids is 1. The van der Waals surface area contributed by atoms with Gasteiger partial charge in [0.25, 0.3) is 0 Å². The maximum atomic E-state index is 11.9. The van der Waals surface area contributed by atoms with Gasteiger partial charge in [-0.15, -0.1) is 0 Å². The Kier molecular flexibility index (Phi) is 3.51. The molecule has 1 fully saturated rings. The Morgan fingerprint density at radius 2 is 2.50 bits per heavy atom. The summed E-state index contributed by atoms with van der Waals surface area (Å²) in [6.45, 7) is 0.906. The molecule has 1 saturated carbocycles. The molecule has 2 atom stereocenters. The Labute approximate surface area is 93.6 Å². The molecule has 1 aromatic rings. The summed E-state index contributed by atoms with van der Waals surface area (Å²) >= 11 is 0. The predicted octanol–water partition coefficient (Wildman–Crippen LogP) is 0.0608. The second-order valence-corrected chi connectivity index (χ2v) is 4.10. The van der Waals surface area contributed by atoms with E-state index in [2.05, 4.69) is 20.0 Å². The van der Waals surface area contributed by atoms with Crippen LogP contribution in [0.15, 0.2) is 10.9 Å². The number of nitrogens with two attached hydrogens (primary N) is 1. The van der Waals surface area contributed by atoms with Crippen LogP contribution in [-0.2, 0) is 11.3 Å². The van der Waals surface area contributed by atoms with Crippen LogP contribution in [0.2, 0.25) is 0 Å². The number of carbonyl (C=O) groups is 1. The zero-order valence-corrected chi connectivity index (χ0v) is 9.06. The van der Waals surface area contributed by atoms with Gasteiger partial charge in [-0.3, -0.25) is 4.79 Å². The van der Waals surface area contributed by atoms with Gasteiger partial charge in [0, 0.05) is 5.92 Å². The zero-order valence-electron chi connectivity index (χ0n) is 9.06. The highest BCUT2D eigenvalue weighted by molar-refractivity contribution is 5.79. The standard InChI is InChI=1S/C10H16N4O2/c11-4-7-2-1-3-8(7)10(15)12-5-9-13-6-16-14-9/h6-8H,1-5,11H2,(H,12,15). The van der Waals surface area contributed by atoms with Crippen molar-refractivity contribution in [2.24, 2.45) is 17.6 Å². The molecule has 88 valence electrons.